The van der Waals surface area contributed by atoms with Crippen molar-refractivity contribution in [3.8, 4) is 0 Å². The van der Waals surface area contributed by atoms with Crippen LogP contribution in [-0.4, -0.2) is 37.0 Å². The molecule has 2 rings (SSSR count). The van der Waals surface area contributed by atoms with E-state index in [-0.39, 0.29) is 37.3 Å². The van der Waals surface area contributed by atoms with Crippen molar-refractivity contribution in [2.75, 3.05) is 26.0 Å². The van der Waals surface area contributed by atoms with Crippen LogP contribution in [0, 0.1) is 0 Å². The summed E-state index contributed by atoms with van der Waals surface area (Å²) in [4.78, 5) is 23.0. The standard InChI is InChI=1S/C14H18N4O2.ClH/c1-15-8-13(19)17-11-4-3-10-5-6-18(12(10)7-11)9-14(20)16-2;/h3-7,15H,8-9H2,1-2H3,(H,16,20)(H,17,19);1H. The van der Waals surface area contributed by atoms with Gasteiger partial charge in [0.2, 0.25) is 11.8 Å². The fourth-order valence-electron chi connectivity index (χ4n) is 2.00. The van der Waals surface area contributed by atoms with Gasteiger partial charge in [0.15, 0.2) is 0 Å². The first-order chi connectivity index (χ1) is 9.63. The summed E-state index contributed by atoms with van der Waals surface area (Å²) >= 11 is 0. The number of hydrogen-bond acceptors (Lipinski definition) is 3. The van der Waals surface area contributed by atoms with Gasteiger partial charge in [-0.2, -0.15) is 0 Å². The van der Waals surface area contributed by atoms with Crippen LogP contribution >= 0.6 is 12.4 Å². The number of hydrogen-bond donors (Lipinski definition) is 3. The van der Waals surface area contributed by atoms with E-state index in [0.717, 1.165) is 16.6 Å². The van der Waals surface area contributed by atoms with Gasteiger partial charge in [0.25, 0.3) is 0 Å². The normalized spacial score (nSPS) is 10.0. The highest BCUT2D eigenvalue weighted by Gasteiger charge is 2.07. The number of halogens is 1. The Balaban J connectivity index is 0.00000220. The van der Waals surface area contributed by atoms with E-state index in [2.05, 4.69) is 16.0 Å². The second-order valence-corrected chi connectivity index (χ2v) is 4.47. The molecule has 0 radical (unpaired) electrons. The monoisotopic (exact) mass is 310 g/mol. The Labute approximate surface area is 129 Å². The van der Waals surface area contributed by atoms with Gasteiger partial charge >= 0.3 is 0 Å². The van der Waals surface area contributed by atoms with E-state index in [1.54, 1.807) is 14.1 Å². The zero-order valence-electron chi connectivity index (χ0n) is 12.0. The number of benzene rings is 1. The second kappa shape index (κ2) is 7.66. The Hall–Kier alpha value is -2.05. The van der Waals surface area contributed by atoms with Crippen molar-refractivity contribution < 1.29 is 9.59 Å². The largest absolute Gasteiger partial charge is 0.358 e. The molecule has 114 valence electrons. The van der Waals surface area contributed by atoms with E-state index in [1.165, 1.54) is 0 Å². The number of nitrogens with zero attached hydrogens (tertiary/aromatic N) is 1. The van der Waals surface area contributed by atoms with Crippen molar-refractivity contribution in [3.63, 3.8) is 0 Å². The molecule has 0 aliphatic heterocycles. The minimum atomic E-state index is -0.101. The lowest BCUT2D eigenvalue weighted by atomic mass is 10.2. The highest BCUT2D eigenvalue weighted by atomic mass is 35.5. The SMILES string of the molecule is CNCC(=O)Nc1ccc2ccn(CC(=O)NC)c2c1.Cl. The first-order valence-electron chi connectivity index (χ1n) is 6.38. The van der Waals surface area contributed by atoms with E-state index < -0.39 is 0 Å². The van der Waals surface area contributed by atoms with Crippen LogP contribution in [-0.2, 0) is 16.1 Å². The second-order valence-electron chi connectivity index (χ2n) is 4.47. The summed E-state index contributed by atoms with van der Waals surface area (Å²) in [5.74, 6) is -0.164. The number of nitrogens with one attached hydrogen (secondary N) is 3. The Bertz CT molecular complexity index is 639. The molecule has 0 aliphatic rings. The van der Waals surface area contributed by atoms with Crippen LogP contribution in [0.3, 0.4) is 0 Å². The molecular weight excluding hydrogens is 292 g/mol. The van der Waals surface area contributed by atoms with Gasteiger partial charge in [-0.25, -0.2) is 0 Å². The number of carbonyl (C=O) groups is 2. The van der Waals surface area contributed by atoms with Crippen LogP contribution in [0.1, 0.15) is 0 Å². The van der Waals surface area contributed by atoms with Crippen molar-refractivity contribution >= 4 is 40.8 Å². The summed E-state index contributed by atoms with van der Waals surface area (Å²) in [5.41, 5.74) is 1.63. The molecule has 0 atom stereocenters. The molecule has 0 saturated carbocycles. The molecule has 1 heterocycles. The predicted octanol–water partition coefficient (Wildman–Crippen LogP) is 0.967. The molecule has 0 unspecified atom stereocenters. The Morgan fingerprint density at radius 2 is 1.90 bits per heavy atom. The maximum atomic E-state index is 11.6. The summed E-state index contributed by atoms with van der Waals surface area (Å²) in [5, 5.41) is 9.22. The third-order valence-electron chi connectivity index (χ3n) is 2.99. The molecule has 0 saturated heterocycles. The fraction of sp³-hybridized carbons (Fsp3) is 0.286. The maximum absolute atomic E-state index is 11.6. The highest BCUT2D eigenvalue weighted by Crippen LogP contribution is 2.20. The lowest BCUT2D eigenvalue weighted by Gasteiger charge is -2.07. The molecule has 0 bridgehead atoms. The van der Waals surface area contributed by atoms with Gasteiger partial charge in [-0.05, 0) is 30.6 Å². The summed E-state index contributed by atoms with van der Waals surface area (Å²) < 4.78 is 1.85. The van der Waals surface area contributed by atoms with Gasteiger partial charge in [-0.15, -0.1) is 12.4 Å². The first kappa shape index (κ1) is 17.0. The Kier molecular flexibility index (Phi) is 6.20. The van der Waals surface area contributed by atoms with Gasteiger partial charge in [-0.1, -0.05) is 6.07 Å². The molecule has 2 amide bonds. The number of amides is 2. The molecular formula is C14H19ClN4O2. The molecule has 6 nitrogen and oxygen atoms in total. The molecule has 1 aromatic carbocycles. The minimum absolute atomic E-state index is 0. The molecule has 1 aromatic heterocycles. The number of carbonyl (C=O) groups excluding carboxylic acids is 2. The summed E-state index contributed by atoms with van der Waals surface area (Å²) in [6.07, 6.45) is 1.86. The van der Waals surface area contributed by atoms with Crippen LogP contribution in [0.25, 0.3) is 10.9 Å². The average molecular weight is 311 g/mol. The van der Waals surface area contributed by atoms with Gasteiger partial charge < -0.3 is 20.5 Å². The first-order valence-corrected chi connectivity index (χ1v) is 6.38. The van der Waals surface area contributed by atoms with E-state index >= 15 is 0 Å². The van der Waals surface area contributed by atoms with Gasteiger partial charge in [0, 0.05) is 18.9 Å². The molecule has 7 heteroatoms. The van der Waals surface area contributed by atoms with Gasteiger partial charge in [-0.3, -0.25) is 9.59 Å². The lowest BCUT2D eigenvalue weighted by molar-refractivity contribution is -0.121. The van der Waals surface area contributed by atoms with E-state index in [1.807, 2.05) is 35.0 Å². The zero-order chi connectivity index (χ0) is 14.5. The van der Waals surface area contributed by atoms with Gasteiger partial charge in [0.05, 0.1) is 12.1 Å². The van der Waals surface area contributed by atoms with E-state index in [4.69, 9.17) is 0 Å². The van der Waals surface area contributed by atoms with Crippen LogP contribution in [0.5, 0.6) is 0 Å². The third kappa shape index (κ3) is 4.21. The van der Waals surface area contributed by atoms with Crippen LogP contribution in [0.15, 0.2) is 30.5 Å². The molecule has 0 spiro atoms. The van der Waals surface area contributed by atoms with Crippen molar-refractivity contribution in [1.29, 1.82) is 0 Å². The summed E-state index contributed by atoms with van der Waals surface area (Å²) in [6.45, 7) is 0.519. The van der Waals surface area contributed by atoms with Crippen molar-refractivity contribution in [2.24, 2.45) is 0 Å². The van der Waals surface area contributed by atoms with Crippen molar-refractivity contribution in [3.05, 3.63) is 30.5 Å². The molecule has 21 heavy (non-hydrogen) atoms. The van der Waals surface area contributed by atoms with Gasteiger partial charge in [0.1, 0.15) is 6.54 Å². The van der Waals surface area contributed by atoms with Crippen LogP contribution < -0.4 is 16.0 Å². The van der Waals surface area contributed by atoms with E-state index in [9.17, 15) is 9.59 Å². The minimum Gasteiger partial charge on any atom is -0.358 e. The molecule has 0 aliphatic carbocycles. The molecule has 2 aromatic rings. The number of anilines is 1. The Morgan fingerprint density at radius 1 is 1.14 bits per heavy atom. The average Bonchev–Trinajstić information content (AvgIpc) is 2.81. The summed E-state index contributed by atoms with van der Waals surface area (Å²) in [6, 6.07) is 7.58. The topological polar surface area (TPSA) is 75.2 Å². The van der Waals surface area contributed by atoms with Crippen LogP contribution in [0.2, 0.25) is 0 Å². The predicted molar refractivity (Wildman–Crippen MR) is 85.8 cm³/mol. The molecule has 3 N–H and O–H groups in total. The highest BCUT2D eigenvalue weighted by molar-refractivity contribution is 5.95. The smallest absolute Gasteiger partial charge is 0.239 e. The van der Waals surface area contributed by atoms with Crippen LogP contribution in [0.4, 0.5) is 5.69 Å². The van der Waals surface area contributed by atoms with Crippen molar-refractivity contribution in [1.82, 2.24) is 15.2 Å². The maximum Gasteiger partial charge on any atom is 0.239 e. The fourth-order valence-corrected chi connectivity index (χ4v) is 2.00. The number of rotatable bonds is 5. The zero-order valence-corrected chi connectivity index (χ0v) is 12.8. The number of aromatic nitrogens is 1. The lowest BCUT2D eigenvalue weighted by Crippen LogP contribution is -2.25. The summed E-state index contributed by atoms with van der Waals surface area (Å²) in [7, 11) is 3.33. The third-order valence-corrected chi connectivity index (χ3v) is 2.99. The Morgan fingerprint density at radius 3 is 2.57 bits per heavy atom. The van der Waals surface area contributed by atoms with Crippen molar-refractivity contribution in [2.45, 2.75) is 6.54 Å². The van der Waals surface area contributed by atoms with E-state index in [0.29, 0.717) is 0 Å². The number of likely N-dealkylation sites (N-methyl/N-ethyl adjacent to an activating group) is 2. The quantitative estimate of drug-likeness (QED) is 0.770. The number of fused-ring (bicyclic) bond motifs is 1. The molecule has 0 fully saturated rings.